The Bertz CT molecular complexity index is 924. The maximum atomic E-state index is 4.80. The topological polar surface area (TPSA) is 75.3 Å². The molecule has 2 saturated heterocycles. The predicted molar refractivity (Wildman–Crippen MR) is 98.6 cm³/mol. The second-order valence-electron chi connectivity index (χ2n) is 7.14. The van der Waals surface area contributed by atoms with E-state index in [9.17, 15) is 0 Å². The fourth-order valence-corrected chi connectivity index (χ4v) is 3.74. The Kier molecular flexibility index (Phi) is 3.69. The molecule has 0 radical (unpaired) electrons. The van der Waals surface area contributed by atoms with E-state index in [1.54, 1.807) is 6.33 Å². The van der Waals surface area contributed by atoms with Gasteiger partial charge in [-0.25, -0.2) is 9.97 Å². The molecular formula is C18H22N8. The van der Waals surface area contributed by atoms with E-state index in [0.29, 0.717) is 5.92 Å². The summed E-state index contributed by atoms with van der Waals surface area (Å²) in [5, 5.41) is 13.6. The van der Waals surface area contributed by atoms with Gasteiger partial charge in [0.1, 0.15) is 18.0 Å². The molecular weight excluding hydrogens is 328 g/mol. The molecule has 2 aliphatic rings. The Morgan fingerprint density at radius 3 is 2.46 bits per heavy atom. The van der Waals surface area contributed by atoms with Crippen LogP contribution in [-0.4, -0.2) is 56.0 Å². The Morgan fingerprint density at radius 2 is 1.73 bits per heavy atom. The number of piperidine rings is 1. The lowest BCUT2D eigenvalue weighted by Crippen LogP contribution is -2.38. The first-order valence-corrected chi connectivity index (χ1v) is 9.29. The average molecular weight is 350 g/mol. The van der Waals surface area contributed by atoms with E-state index in [-0.39, 0.29) is 0 Å². The van der Waals surface area contributed by atoms with Gasteiger partial charge in [0.2, 0.25) is 0 Å². The van der Waals surface area contributed by atoms with Gasteiger partial charge in [0, 0.05) is 43.9 Å². The van der Waals surface area contributed by atoms with Crippen molar-refractivity contribution < 1.29 is 0 Å². The van der Waals surface area contributed by atoms with Crippen LogP contribution in [0.4, 0.5) is 11.6 Å². The zero-order valence-electron chi connectivity index (χ0n) is 14.9. The number of hydrogen-bond acceptors (Lipinski definition) is 7. The number of rotatable bonds is 3. The molecule has 2 aliphatic heterocycles. The first kappa shape index (κ1) is 15.5. The number of fused-ring (bicyclic) bond motifs is 1. The number of anilines is 2. The summed E-state index contributed by atoms with van der Waals surface area (Å²) in [5.74, 6) is 3.41. The fraction of sp³-hybridized carbons (Fsp3) is 0.500. The van der Waals surface area contributed by atoms with Crippen molar-refractivity contribution in [3.8, 4) is 0 Å². The molecule has 8 nitrogen and oxygen atoms in total. The number of hydrogen-bond donors (Lipinski definition) is 0. The summed E-state index contributed by atoms with van der Waals surface area (Å²) in [6, 6.07) is 6.12. The second kappa shape index (κ2) is 6.19. The van der Waals surface area contributed by atoms with Crippen LogP contribution in [0.5, 0.6) is 0 Å². The molecule has 3 aromatic rings. The summed E-state index contributed by atoms with van der Waals surface area (Å²) in [5.41, 5.74) is 1.83. The third-order valence-electron chi connectivity index (χ3n) is 5.43. The molecule has 0 atom stereocenters. The lowest BCUT2D eigenvalue weighted by Gasteiger charge is -2.32. The summed E-state index contributed by atoms with van der Waals surface area (Å²) in [4.78, 5) is 13.2. The molecule has 26 heavy (non-hydrogen) atoms. The molecule has 0 amide bonds. The van der Waals surface area contributed by atoms with Gasteiger partial charge in [-0.2, -0.15) is 4.52 Å². The molecule has 0 spiro atoms. The molecule has 2 fully saturated rings. The molecule has 0 N–H and O–H groups in total. The minimum atomic E-state index is 0.378. The molecule has 0 aromatic carbocycles. The average Bonchev–Trinajstić information content (AvgIpc) is 3.04. The Morgan fingerprint density at radius 1 is 0.923 bits per heavy atom. The van der Waals surface area contributed by atoms with Crippen LogP contribution in [-0.2, 0) is 0 Å². The van der Waals surface area contributed by atoms with Crippen molar-refractivity contribution in [1.29, 1.82) is 0 Å². The fourth-order valence-electron chi connectivity index (χ4n) is 3.74. The first-order chi connectivity index (χ1) is 12.8. The van der Waals surface area contributed by atoms with Gasteiger partial charge >= 0.3 is 0 Å². The third-order valence-corrected chi connectivity index (χ3v) is 5.43. The van der Waals surface area contributed by atoms with Crippen LogP contribution in [0.2, 0.25) is 0 Å². The van der Waals surface area contributed by atoms with Gasteiger partial charge in [0.05, 0.1) is 0 Å². The lowest BCUT2D eigenvalue weighted by molar-refractivity contribution is 0.474. The summed E-state index contributed by atoms with van der Waals surface area (Å²) in [7, 11) is 0. The molecule has 0 saturated carbocycles. The molecule has 134 valence electrons. The normalized spacial score (nSPS) is 18.3. The minimum absolute atomic E-state index is 0.378. The van der Waals surface area contributed by atoms with E-state index in [4.69, 9.17) is 5.10 Å². The van der Waals surface area contributed by atoms with E-state index >= 15 is 0 Å². The number of aryl methyl sites for hydroxylation is 1. The van der Waals surface area contributed by atoms with Crippen molar-refractivity contribution in [2.75, 3.05) is 36.0 Å². The highest BCUT2D eigenvalue weighted by Crippen LogP contribution is 2.29. The zero-order valence-corrected chi connectivity index (χ0v) is 14.9. The maximum Gasteiger partial charge on any atom is 0.178 e. The highest BCUT2D eigenvalue weighted by atomic mass is 15.4. The highest BCUT2D eigenvalue weighted by Gasteiger charge is 2.26. The monoisotopic (exact) mass is 350 g/mol. The Balaban J connectivity index is 1.36. The molecule has 0 aliphatic carbocycles. The van der Waals surface area contributed by atoms with Crippen LogP contribution in [0.1, 0.15) is 36.7 Å². The Hall–Kier alpha value is -2.77. The summed E-state index contributed by atoms with van der Waals surface area (Å²) < 4.78 is 1.95. The van der Waals surface area contributed by atoms with E-state index in [1.807, 2.05) is 29.6 Å². The van der Waals surface area contributed by atoms with Crippen LogP contribution in [0, 0.1) is 6.92 Å². The van der Waals surface area contributed by atoms with Gasteiger partial charge in [-0.15, -0.1) is 15.3 Å². The number of nitrogens with zero attached hydrogens (tertiary/aromatic N) is 8. The molecule has 5 heterocycles. The van der Waals surface area contributed by atoms with Crippen LogP contribution >= 0.6 is 0 Å². The molecule has 0 bridgehead atoms. The molecule has 5 rings (SSSR count). The van der Waals surface area contributed by atoms with Crippen molar-refractivity contribution in [2.45, 2.75) is 32.1 Å². The smallest absolute Gasteiger partial charge is 0.178 e. The zero-order chi connectivity index (χ0) is 17.5. The SMILES string of the molecule is Cc1cc(N2CCC(c3nnc4ccc(N5CCC5)nn34)CC2)ncn1. The van der Waals surface area contributed by atoms with E-state index in [2.05, 4.69) is 30.0 Å². The Labute approximate surface area is 151 Å². The van der Waals surface area contributed by atoms with Crippen molar-refractivity contribution in [2.24, 2.45) is 0 Å². The maximum absolute atomic E-state index is 4.80. The van der Waals surface area contributed by atoms with Crippen LogP contribution < -0.4 is 9.80 Å². The molecule has 8 heteroatoms. The summed E-state index contributed by atoms with van der Waals surface area (Å²) in [6.45, 7) is 6.10. The van der Waals surface area contributed by atoms with Crippen molar-refractivity contribution >= 4 is 17.3 Å². The molecule has 3 aromatic heterocycles. The summed E-state index contributed by atoms with van der Waals surface area (Å²) >= 11 is 0. The lowest BCUT2D eigenvalue weighted by atomic mass is 9.96. The van der Waals surface area contributed by atoms with Crippen LogP contribution in [0.15, 0.2) is 24.5 Å². The van der Waals surface area contributed by atoms with Gasteiger partial charge in [0.25, 0.3) is 0 Å². The standard InChI is InChI=1S/C18H22N8/c1-13-11-17(20-12-19-13)25-9-5-14(6-10-25)18-22-21-15-3-4-16(23-26(15)18)24-7-2-8-24/h3-4,11-12,14H,2,5-10H2,1H3. The third kappa shape index (κ3) is 2.65. The molecule has 0 unspecified atom stereocenters. The predicted octanol–water partition coefficient (Wildman–Crippen LogP) is 1.82. The van der Waals surface area contributed by atoms with Crippen LogP contribution in [0.25, 0.3) is 5.65 Å². The highest BCUT2D eigenvalue weighted by molar-refractivity contribution is 5.47. The van der Waals surface area contributed by atoms with Gasteiger partial charge < -0.3 is 9.80 Å². The van der Waals surface area contributed by atoms with Gasteiger partial charge in [-0.1, -0.05) is 0 Å². The van der Waals surface area contributed by atoms with E-state index in [1.165, 1.54) is 6.42 Å². The van der Waals surface area contributed by atoms with Crippen molar-refractivity contribution in [3.63, 3.8) is 0 Å². The van der Waals surface area contributed by atoms with Crippen molar-refractivity contribution in [1.82, 2.24) is 29.8 Å². The van der Waals surface area contributed by atoms with Gasteiger partial charge in [-0.05, 0) is 38.3 Å². The van der Waals surface area contributed by atoms with Gasteiger partial charge in [-0.3, -0.25) is 0 Å². The van der Waals surface area contributed by atoms with Crippen molar-refractivity contribution in [3.05, 3.63) is 36.0 Å². The number of aromatic nitrogens is 6. The quantitative estimate of drug-likeness (QED) is 0.713. The minimum Gasteiger partial charge on any atom is -0.356 e. The summed E-state index contributed by atoms with van der Waals surface area (Å²) in [6.07, 6.45) is 4.94. The largest absolute Gasteiger partial charge is 0.356 e. The first-order valence-electron chi connectivity index (χ1n) is 9.29. The second-order valence-corrected chi connectivity index (χ2v) is 7.14. The van der Waals surface area contributed by atoms with E-state index in [0.717, 1.165) is 67.8 Å². The van der Waals surface area contributed by atoms with Gasteiger partial charge in [0.15, 0.2) is 11.5 Å². The van der Waals surface area contributed by atoms with E-state index < -0.39 is 0 Å². The van der Waals surface area contributed by atoms with Crippen LogP contribution in [0.3, 0.4) is 0 Å².